The Bertz CT molecular complexity index is 500. The van der Waals surface area contributed by atoms with E-state index in [0.717, 1.165) is 57.1 Å². The second-order valence-electron chi connectivity index (χ2n) is 6.22. The third kappa shape index (κ3) is 2.56. The molecule has 0 saturated carbocycles. The van der Waals surface area contributed by atoms with Crippen LogP contribution in [0.4, 0.5) is 0 Å². The standard InChI is InChI=1S/C17H26N2O2/c1-3-17(2,19-8-11-20-12-9-19)16(18)14-6-4-5-13-7-10-21-15(13)14/h4-6,16H,3,7-12,18H2,1-2H3. The van der Waals surface area contributed by atoms with Gasteiger partial charge in [-0.3, -0.25) is 4.90 Å². The van der Waals surface area contributed by atoms with Gasteiger partial charge in [0, 0.05) is 30.6 Å². The van der Waals surface area contributed by atoms with Crippen molar-refractivity contribution in [1.29, 1.82) is 0 Å². The zero-order chi connectivity index (χ0) is 14.9. The minimum atomic E-state index is -0.0646. The molecular formula is C17H26N2O2. The van der Waals surface area contributed by atoms with Crippen LogP contribution in [-0.4, -0.2) is 43.3 Å². The molecule has 1 saturated heterocycles. The Hall–Kier alpha value is -1.10. The number of nitrogens with two attached hydrogens (primary N) is 1. The smallest absolute Gasteiger partial charge is 0.127 e. The first-order valence-electron chi connectivity index (χ1n) is 8.00. The summed E-state index contributed by atoms with van der Waals surface area (Å²) in [7, 11) is 0. The number of morpholine rings is 1. The molecule has 2 heterocycles. The lowest BCUT2D eigenvalue weighted by atomic mass is 9.82. The van der Waals surface area contributed by atoms with Crippen molar-refractivity contribution in [1.82, 2.24) is 4.90 Å². The average molecular weight is 290 g/mol. The SMILES string of the molecule is CCC(C)(C(N)c1cccc2c1OCC2)N1CCOCC1. The van der Waals surface area contributed by atoms with Gasteiger partial charge in [-0.1, -0.05) is 25.1 Å². The molecule has 2 aliphatic heterocycles. The summed E-state index contributed by atoms with van der Waals surface area (Å²) < 4.78 is 11.3. The van der Waals surface area contributed by atoms with Crippen molar-refractivity contribution in [2.75, 3.05) is 32.9 Å². The number of benzene rings is 1. The Morgan fingerprint density at radius 1 is 1.29 bits per heavy atom. The maximum Gasteiger partial charge on any atom is 0.127 e. The maximum atomic E-state index is 6.73. The van der Waals surface area contributed by atoms with Crippen LogP contribution < -0.4 is 10.5 Å². The second kappa shape index (κ2) is 5.95. The molecule has 0 aliphatic carbocycles. The monoisotopic (exact) mass is 290 g/mol. The highest BCUT2D eigenvalue weighted by atomic mass is 16.5. The fourth-order valence-electron chi connectivity index (χ4n) is 3.53. The van der Waals surface area contributed by atoms with Crippen LogP contribution in [0.2, 0.25) is 0 Å². The molecule has 4 heteroatoms. The average Bonchev–Trinajstić information content (AvgIpc) is 3.02. The number of ether oxygens (including phenoxy) is 2. The molecule has 2 N–H and O–H groups in total. The molecule has 2 unspecified atom stereocenters. The minimum Gasteiger partial charge on any atom is -0.493 e. The van der Waals surface area contributed by atoms with Crippen LogP contribution in [0.5, 0.6) is 5.75 Å². The van der Waals surface area contributed by atoms with E-state index in [9.17, 15) is 0 Å². The summed E-state index contributed by atoms with van der Waals surface area (Å²) in [6, 6.07) is 6.34. The molecule has 4 nitrogen and oxygen atoms in total. The van der Waals surface area contributed by atoms with Gasteiger partial charge in [-0.15, -0.1) is 0 Å². The van der Waals surface area contributed by atoms with E-state index in [2.05, 4.69) is 36.9 Å². The molecule has 2 aliphatic rings. The van der Waals surface area contributed by atoms with Crippen molar-refractivity contribution < 1.29 is 9.47 Å². The molecular weight excluding hydrogens is 264 g/mol. The number of nitrogens with zero attached hydrogens (tertiary/aromatic N) is 1. The highest BCUT2D eigenvalue weighted by Crippen LogP contribution is 2.40. The van der Waals surface area contributed by atoms with Crippen molar-refractivity contribution in [2.24, 2.45) is 5.73 Å². The van der Waals surface area contributed by atoms with Gasteiger partial charge >= 0.3 is 0 Å². The van der Waals surface area contributed by atoms with Gasteiger partial charge in [0.05, 0.1) is 25.9 Å². The van der Waals surface area contributed by atoms with E-state index >= 15 is 0 Å². The Kier molecular flexibility index (Phi) is 4.20. The number of rotatable bonds is 4. The fourth-order valence-corrected chi connectivity index (χ4v) is 3.53. The van der Waals surface area contributed by atoms with Gasteiger partial charge in [0.1, 0.15) is 5.75 Å². The molecule has 1 fully saturated rings. The van der Waals surface area contributed by atoms with Crippen molar-refractivity contribution in [3.8, 4) is 5.75 Å². The number of hydrogen-bond acceptors (Lipinski definition) is 4. The molecule has 3 rings (SSSR count). The van der Waals surface area contributed by atoms with Gasteiger partial charge in [0.15, 0.2) is 0 Å². The van der Waals surface area contributed by atoms with Crippen LogP contribution in [0.1, 0.15) is 37.4 Å². The molecule has 0 amide bonds. The van der Waals surface area contributed by atoms with Crippen molar-refractivity contribution in [3.05, 3.63) is 29.3 Å². The summed E-state index contributed by atoms with van der Waals surface area (Å²) in [5.41, 5.74) is 9.11. The van der Waals surface area contributed by atoms with Crippen LogP contribution >= 0.6 is 0 Å². The Labute approximate surface area is 127 Å². The maximum absolute atomic E-state index is 6.73. The minimum absolute atomic E-state index is 0.0475. The lowest BCUT2D eigenvalue weighted by molar-refractivity contribution is -0.0280. The van der Waals surface area contributed by atoms with E-state index < -0.39 is 0 Å². The zero-order valence-electron chi connectivity index (χ0n) is 13.1. The Morgan fingerprint density at radius 3 is 2.76 bits per heavy atom. The van der Waals surface area contributed by atoms with E-state index in [1.807, 2.05) is 0 Å². The molecule has 0 radical (unpaired) electrons. The van der Waals surface area contributed by atoms with Crippen LogP contribution in [0.3, 0.4) is 0 Å². The molecule has 21 heavy (non-hydrogen) atoms. The second-order valence-corrected chi connectivity index (χ2v) is 6.22. The third-order valence-corrected chi connectivity index (χ3v) is 5.20. The number of hydrogen-bond donors (Lipinski definition) is 1. The first kappa shape index (κ1) is 14.8. The summed E-state index contributed by atoms with van der Waals surface area (Å²) in [4.78, 5) is 2.48. The molecule has 1 aromatic rings. The van der Waals surface area contributed by atoms with E-state index in [1.54, 1.807) is 0 Å². The lowest BCUT2D eigenvalue weighted by Gasteiger charge is -2.46. The molecule has 116 valence electrons. The topological polar surface area (TPSA) is 47.7 Å². The normalized spacial score (nSPS) is 23.2. The molecule has 0 bridgehead atoms. The van der Waals surface area contributed by atoms with Crippen LogP contribution in [0, 0.1) is 0 Å². The lowest BCUT2D eigenvalue weighted by Crippen LogP contribution is -2.56. The zero-order valence-corrected chi connectivity index (χ0v) is 13.1. The summed E-state index contributed by atoms with van der Waals surface area (Å²) in [5.74, 6) is 1.03. The predicted octanol–water partition coefficient (Wildman–Crippen LogP) is 2.12. The Balaban J connectivity index is 1.91. The highest BCUT2D eigenvalue weighted by Gasteiger charge is 2.39. The largest absolute Gasteiger partial charge is 0.493 e. The highest BCUT2D eigenvalue weighted by molar-refractivity contribution is 5.46. The number of para-hydroxylation sites is 1. The number of fused-ring (bicyclic) bond motifs is 1. The summed E-state index contributed by atoms with van der Waals surface area (Å²) in [6.07, 6.45) is 2.01. The Morgan fingerprint density at radius 2 is 2.05 bits per heavy atom. The van der Waals surface area contributed by atoms with E-state index in [4.69, 9.17) is 15.2 Å². The van der Waals surface area contributed by atoms with Gasteiger partial charge < -0.3 is 15.2 Å². The van der Waals surface area contributed by atoms with Gasteiger partial charge in [0.25, 0.3) is 0 Å². The van der Waals surface area contributed by atoms with E-state index in [0.29, 0.717) is 0 Å². The van der Waals surface area contributed by atoms with Crippen molar-refractivity contribution in [2.45, 2.75) is 38.3 Å². The van der Waals surface area contributed by atoms with Gasteiger partial charge in [-0.25, -0.2) is 0 Å². The van der Waals surface area contributed by atoms with Crippen LogP contribution in [-0.2, 0) is 11.2 Å². The molecule has 0 spiro atoms. The quantitative estimate of drug-likeness (QED) is 0.923. The first-order valence-corrected chi connectivity index (χ1v) is 8.00. The fraction of sp³-hybridized carbons (Fsp3) is 0.647. The van der Waals surface area contributed by atoms with Crippen molar-refractivity contribution in [3.63, 3.8) is 0 Å². The summed E-state index contributed by atoms with van der Waals surface area (Å²) >= 11 is 0. The molecule has 2 atom stereocenters. The van der Waals surface area contributed by atoms with E-state index in [1.165, 1.54) is 5.56 Å². The van der Waals surface area contributed by atoms with Crippen LogP contribution in [0.25, 0.3) is 0 Å². The van der Waals surface area contributed by atoms with Gasteiger partial charge in [-0.2, -0.15) is 0 Å². The molecule has 1 aromatic carbocycles. The summed E-state index contributed by atoms with van der Waals surface area (Å²) in [6.45, 7) is 8.77. The third-order valence-electron chi connectivity index (χ3n) is 5.20. The molecule has 0 aromatic heterocycles. The summed E-state index contributed by atoms with van der Waals surface area (Å²) in [5, 5.41) is 0. The predicted molar refractivity (Wildman–Crippen MR) is 83.7 cm³/mol. The van der Waals surface area contributed by atoms with Gasteiger partial charge in [0.2, 0.25) is 0 Å². The first-order chi connectivity index (χ1) is 10.2. The van der Waals surface area contributed by atoms with E-state index in [-0.39, 0.29) is 11.6 Å². The van der Waals surface area contributed by atoms with Crippen LogP contribution in [0.15, 0.2) is 18.2 Å². The van der Waals surface area contributed by atoms with Crippen molar-refractivity contribution >= 4 is 0 Å². The van der Waals surface area contributed by atoms with Gasteiger partial charge in [-0.05, 0) is 18.9 Å².